The van der Waals surface area contributed by atoms with Gasteiger partial charge in [-0.05, 0) is 13.3 Å². The first kappa shape index (κ1) is 15.0. The summed E-state index contributed by atoms with van der Waals surface area (Å²) >= 11 is 0. The van der Waals surface area contributed by atoms with Crippen molar-refractivity contribution in [3.8, 4) is 0 Å². The van der Waals surface area contributed by atoms with E-state index in [-0.39, 0.29) is 6.10 Å². The van der Waals surface area contributed by atoms with Gasteiger partial charge >= 0.3 is 0 Å². The lowest BCUT2D eigenvalue weighted by atomic mass is 10.1. The van der Waals surface area contributed by atoms with Crippen LogP contribution in [-0.4, -0.2) is 6.10 Å². The van der Waals surface area contributed by atoms with E-state index >= 15 is 0 Å². The Bertz CT molecular complexity index is 110. The summed E-state index contributed by atoms with van der Waals surface area (Å²) < 4.78 is 0. The van der Waals surface area contributed by atoms with Gasteiger partial charge in [0.05, 0.1) is 6.10 Å². The van der Waals surface area contributed by atoms with E-state index in [0.29, 0.717) is 0 Å². The van der Waals surface area contributed by atoms with E-state index in [1.165, 1.54) is 57.8 Å². The van der Waals surface area contributed by atoms with Gasteiger partial charge in [-0.1, -0.05) is 71.1 Å². The molecule has 0 N–H and O–H groups in total. The van der Waals surface area contributed by atoms with Gasteiger partial charge in [-0.15, -0.1) is 0 Å². The second-order valence-electron chi connectivity index (χ2n) is 4.78. The fourth-order valence-corrected chi connectivity index (χ4v) is 1.92. The summed E-state index contributed by atoms with van der Waals surface area (Å²) in [6.45, 7) is 4.03. The van der Waals surface area contributed by atoms with Crippen LogP contribution in [0.25, 0.3) is 0 Å². The molecule has 0 saturated carbocycles. The average molecular weight is 213 g/mol. The number of rotatable bonds is 11. The molecule has 1 radical (unpaired) electrons. The summed E-state index contributed by atoms with van der Waals surface area (Å²) in [7, 11) is 0. The second-order valence-corrected chi connectivity index (χ2v) is 4.78. The molecule has 0 bridgehead atoms. The van der Waals surface area contributed by atoms with Gasteiger partial charge in [-0.3, -0.25) is 0 Å². The Kier molecular flexibility index (Phi) is 12.0. The van der Waals surface area contributed by atoms with Gasteiger partial charge in [-0.2, -0.15) is 0 Å². The van der Waals surface area contributed by atoms with Crippen molar-refractivity contribution in [2.24, 2.45) is 0 Å². The second kappa shape index (κ2) is 12.0. The van der Waals surface area contributed by atoms with Gasteiger partial charge in [0.1, 0.15) is 0 Å². The molecular weight excluding hydrogens is 184 g/mol. The molecule has 0 aliphatic carbocycles. The number of hydrogen-bond donors (Lipinski definition) is 0. The molecular formula is C14H29O. The summed E-state index contributed by atoms with van der Waals surface area (Å²) in [4.78, 5) is 0. The molecule has 0 heterocycles. The third-order valence-corrected chi connectivity index (χ3v) is 2.96. The van der Waals surface area contributed by atoms with Crippen molar-refractivity contribution in [1.82, 2.24) is 0 Å². The van der Waals surface area contributed by atoms with Gasteiger partial charge in [-0.25, -0.2) is 5.11 Å². The molecule has 1 heteroatoms. The van der Waals surface area contributed by atoms with E-state index < -0.39 is 0 Å². The predicted octanol–water partition coefficient (Wildman–Crippen LogP) is 5.12. The van der Waals surface area contributed by atoms with Crippen LogP contribution in [0.3, 0.4) is 0 Å². The van der Waals surface area contributed by atoms with E-state index in [0.717, 1.165) is 12.8 Å². The molecule has 0 aliphatic heterocycles. The molecule has 0 aliphatic rings. The predicted molar refractivity (Wildman–Crippen MR) is 66.6 cm³/mol. The van der Waals surface area contributed by atoms with Gasteiger partial charge < -0.3 is 0 Å². The van der Waals surface area contributed by atoms with Crippen LogP contribution in [-0.2, 0) is 5.11 Å². The van der Waals surface area contributed by atoms with Crippen LogP contribution >= 0.6 is 0 Å². The Morgan fingerprint density at radius 2 is 1.13 bits per heavy atom. The zero-order chi connectivity index (χ0) is 11.4. The van der Waals surface area contributed by atoms with E-state index in [1.807, 2.05) is 0 Å². The zero-order valence-corrected chi connectivity index (χ0v) is 10.8. The number of hydrogen-bond acceptors (Lipinski definition) is 0. The lowest BCUT2D eigenvalue weighted by Gasteiger charge is -2.03. The molecule has 1 unspecified atom stereocenters. The van der Waals surface area contributed by atoms with Gasteiger partial charge in [0.25, 0.3) is 0 Å². The molecule has 1 atom stereocenters. The SMILES string of the molecule is CCCCCCCCCCCCC(C)[O]. The van der Waals surface area contributed by atoms with Crippen molar-refractivity contribution in [3.63, 3.8) is 0 Å². The highest BCUT2D eigenvalue weighted by Crippen LogP contribution is 2.11. The van der Waals surface area contributed by atoms with E-state index in [4.69, 9.17) is 0 Å². The van der Waals surface area contributed by atoms with Crippen molar-refractivity contribution in [1.29, 1.82) is 0 Å². The van der Waals surface area contributed by atoms with E-state index in [1.54, 1.807) is 6.92 Å². The van der Waals surface area contributed by atoms with Crippen molar-refractivity contribution in [2.75, 3.05) is 0 Å². The molecule has 0 aromatic carbocycles. The Hall–Kier alpha value is -0.0400. The largest absolute Gasteiger partial charge is 0.233 e. The minimum absolute atomic E-state index is 0.348. The zero-order valence-electron chi connectivity index (χ0n) is 10.8. The van der Waals surface area contributed by atoms with E-state index in [9.17, 15) is 5.11 Å². The van der Waals surface area contributed by atoms with Crippen molar-refractivity contribution >= 4 is 0 Å². The topological polar surface area (TPSA) is 19.9 Å². The first-order valence-corrected chi connectivity index (χ1v) is 6.93. The highest BCUT2D eigenvalue weighted by Gasteiger charge is 1.97. The Morgan fingerprint density at radius 3 is 1.53 bits per heavy atom. The molecule has 0 amide bonds. The molecule has 15 heavy (non-hydrogen) atoms. The summed E-state index contributed by atoms with van der Waals surface area (Å²) in [5.41, 5.74) is 0. The van der Waals surface area contributed by atoms with Crippen molar-refractivity contribution < 1.29 is 5.11 Å². The van der Waals surface area contributed by atoms with Crippen LogP contribution in [0.5, 0.6) is 0 Å². The minimum atomic E-state index is -0.348. The fourth-order valence-electron chi connectivity index (χ4n) is 1.92. The van der Waals surface area contributed by atoms with E-state index in [2.05, 4.69) is 6.92 Å². The standard InChI is InChI=1S/C14H29O/c1-3-4-5-6-7-8-9-10-11-12-13-14(2)15/h14H,3-13H2,1-2H3. The fraction of sp³-hybridized carbons (Fsp3) is 1.00. The van der Waals surface area contributed by atoms with Crippen LogP contribution in [0.4, 0.5) is 0 Å². The molecule has 0 rings (SSSR count). The first-order valence-electron chi connectivity index (χ1n) is 6.93. The monoisotopic (exact) mass is 213 g/mol. The number of unbranched alkanes of at least 4 members (excludes halogenated alkanes) is 9. The lowest BCUT2D eigenvalue weighted by Crippen LogP contribution is -1.95. The van der Waals surface area contributed by atoms with Crippen molar-refractivity contribution in [3.05, 3.63) is 0 Å². The maximum absolute atomic E-state index is 10.8. The summed E-state index contributed by atoms with van der Waals surface area (Å²) in [6.07, 6.45) is 14.0. The van der Waals surface area contributed by atoms with Crippen LogP contribution in [0.15, 0.2) is 0 Å². The van der Waals surface area contributed by atoms with Crippen molar-refractivity contribution in [2.45, 2.75) is 90.6 Å². The molecule has 0 aromatic heterocycles. The molecule has 1 nitrogen and oxygen atoms in total. The van der Waals surface area contributed by atoms with Crippen LogP contribution in [0.2, 0.25) is 0 Å². The van der Waals surface area contributed by atoms with Gasteiger partial charge in [0.2, 0.25) is 0 Å². The summed E-state index contributed by atoms with van der Waals surface area (Å²) in [6, 6.07) is 0. The highest BCUT2D eigenvalue weighted by molar-refractivity contribution is 4.50. The first-order chi connectivity index (χ1) is 7.27. The molecule has 0 spiro atoms. The van der Waals surface area contributed by atoms with Crippen LogP contribution < -0.4 is 0 Å². The maximum Gasteiger partial charge on any atom is 0.0902 e. The Morgan fingerprint density at radius 1 is 0.733 bits per heavy atom. The molecule has 0 saturated heterocycles. The maximum atomic E-state index is 10.8. The summed E-state index contributed by atoms with van der Waals surface area (Å²) in [5.74, 6) is 0. The molecule has 0 fully saturated rings. The molecule has 91 valence electrons. The smallest absolute Gasteiger partial charge is 0.0902 e. The van der Waals surface area contributed by atoms with Gasteiger partial charge in [0.15, 0.2) is 0 Å². The molecule has 0 aromatic rings. The Labute approximate surface area is 96.3 Å². The third kappa shape index (κ3) is 14.0. The average Bonchev–Trinajstić information content (AvgIpc) is 2.20. The normalized spacial score (nSPS) is 13.0. The van der Waals surface area contributed by atoms with Gasteiger partial charge in [0, 0.05) is 0 Å². The quantitative estimate of drug-likeness (QED) is 0.425. The van der Waals surface area contributed by atoms with Crippen LogP contribution in [0.1, 0.15) is 84.5 Å². The summed E-state index contributed by atoms with van der Waals surface area (Å²) in [5, 5.41) is 10.8. The minimum Gasteiger partial charge on any atom is -0.233 e. The lowest BCUT2D eigenvalue weighted by molar-refractivity contribution is 0.0950. The highest BCUT2D eigenvalue weighted by atomic mass is 16.3. The third-order valence-electron chi connectivity index (χ3n) is 2.96. The van der Waals surface area contributed by atoms with Crippen LogP contribution in [0, 0.1) is 0 Å². The Balaban J connectivity index is 2.87.